The molecule has 0 aromatic carbocycles. The Balaban J connectivity index is 1.79. The molecule has 2 aliphatic rings. The van der Waals surface area contributed by atoms with Crippen LogP contribution in [0.2, 0.25) is 0 Å². The highest BCUT2D eigenvalue weighted by atomic mass is 15.2. The average molecular weight is 288 g/mol. The third kappa shape index (κ3) is 3.14. The van der Waals surface area contributed by atoms with Crippen LogP contribution >= 0.6 is 0 Å². The number of nitrogens with zero attached hydrogens (tertiary/aromatic N) is 3. The molecule has 1 saturated heterocycles. The second-order valence-electron chi connectivity index (χ2n) is 6.62. The fourth-order valence-corrected chi connectivity index (χ4v) is 3.44. The molecule has 4 heteroatoms. The van der Waals surface area contributed by atoms with Crippen molar-refractivity contribution in [3.8, 4) is 0 Å². The molecule has 2 heterocycles. The zero-order valence-corrected chi connectivity index (χ0v) is 13.7. The minimum atomic E-state index is 0.606. The Labute approximate surface area is 128 Å². The van der Waals surface area contributed by atoms with E-state index in [4.69, 9.17) is 9.97 Å². The van der Waals surface area contributed by atoms with Crippen LogP contribution in [0.1, 0.15) is 62.8 Å². The predicted octanol–water partition coefficient (Wildman–Crippen LogP) is 3.72. The van der Waals surface area contributed by atoms with Crippen molar-refractivity contribution in [3.05, 3.63) is 11.4 Å². The molecule has 1 aromatic heterocycles. The fourth-order valence-electron chi connectivity index (χ4n) is 3.44. The molecule has 1 N–H and O–H groups in total. The van der Waals surface area contributed by atoms with E-state index in [-0.39, 0.29) is 0 Å². The number of hydrogen-bond acceptors (Lipinski definition) is 4. The standard InChI is InChI=1S/C17H28N4/c1-4-5-13-8-10-21(11-9-13)17-12(2)15(18-3)19-16(20-17)14-6-7-14/h13-14H,4-11H2,1-3H3,(H,18,19,20). The molecule has 0 atom stereocenters. The molecule has 21 heavy (non-hydrogen) atoms. The summed E-state index contributed by atoms with van der Waals surface area (Å²) in [6.07, 6.45) is 7.82. The molecule has 116 valence electrons. The molecule has 0 spiro atoms. The van der Waals surface area contributed by atoms with Crippen LogP contribution in [0.15, 0.2) is 0 Å². The quantitative estimate of drug-likeness (QED) is 0.896. The molecule has 1 aromatic rings. The molecule has 0 radical (unpaired) electrons. The van der Waals surface area contributed by atoms with Crippen molar-refractivity contribution >= 4 is 11.6 Å². The largest absolute Gasteiger partial charge is 0.373 e. The van der Waals surface area contributed by atoms with E-state index in [0.29, 0.717) is 5.92 Å². The van der Waals surface area contributed by atoms with E-state index in [1.54, 1.807) is 0 Å². The van der Waals surface area contributed by atoms with Gasteiger partial charge in [-0.3, -0.25) is 0 Å². The van der Waals surface area contributed by atoms with Crippen LogP contribution in [0.3, 0.4) is 0 Å². The van der Waals surface area contributed by atoms with Gasteiger partial charge in [0.15, 0.2) is 0 Å². The van der Waals surface area contributed by atoms with Gasteiger partial charge in [-0.2, -0.15) is 0 Å². The number of piperidine rings is 1. The third-order valence-electron chi connectivity index (χ3n) is 4.93. The Bertz CT molecular complexity index is 488. The summed E-state index contributed by atoms with van der Waals surface area (Å²) in [4.78, 5) is 12.1. The lowest BCUT2D eigenvalue weighted by Gasteiger charge is -2.34. The number of anilines is 2. The molecule has 3 rings (SSSR count). The summed E-state index contributed by atoms with van der Waals surface area (Å²) in [5.74, 6) is 4.76. The Morgan fingerprint density at radius 1 is 1.14 bits per heavy atom. The molecular formula is C17H28N4. The lowest BCUT2D eigenvalue weighted by Crippen LogP contribution is -2.35. The van der Waals surface area contributed by atoms with E-state index < -0.39 is 0 Å². The monoisotopic (exact) mass is 288 g/mol. The van der Waals surface area contributed by atoms with Crippen LogP contribution in [0.25, 0.3) is 0 Å². The number of aromatic nitrogens is 2. The van der Waals surface area contributed by atoms with E-state index in [0.717, 1.165) is 30.6 Å². The average Bonchev–Trinajstić information content (AvgIpc) is 3.34. The zero-order chi connectivity index (χ0) is 14.8. The van der Waals surface area contributed by atoms with Crippen LogP contribution in [0.5, 0.6) is 0 Å². The molecule has 1 saturated carbocycles. The van der Waals surface area contributed by atoms with Gasteiger partial charge in [-0.25, -0.2) is 9.97 Å². The Hall–Kier alpha value is -1.32. The molecule has 0 amide bonds. The van der Waals surface area contributed by atoms with Crippen LogP contribution in [-0.4, -0.2) is 30.1 Å². The fraction of sp³-hybridized carbons (Fsp3) is 0.765. The molecule has 1 aliphatic heterocycles. The van der Waals surface area contributed by atoms with Gasteiger partial charge in [0.25, 0.3) is 0 Å². The smallest absolute Gasteiger partial charge is 0.137 e. The van der Waals surface area contributed by atoms with Gasteiger partial charge in [0, 0.05) is 31.6 Å². The maximum Gasteiger partial charge on any atom is 0.137 e. The first-order chi connectivity index (χ1) is 10.2. The van der Waals surface area contributed by atoms with Gasteiger partial charge >= 0.3 is 0 Å². The summed E-state index contributed by atoms with van der Waals surface area (Å²) < 4.78 is 0. The highest BCUT2D eigenvalue weighted by molar-refractivity contribution is 5.59. The minimum Gasteiger partial charge on any atom is -0.373 e. The van der Waals surface area contributed by atoms with Crippen molar-refractivity contribution in [1.29, 1.82) is 0 Å². The van der Waals surface area contributed by atoms with Gasteiger partial charge in [-0.15, -0.1) is 0 Å². The summed E-state index contributed by atoms with van der Waals surface area (Å²) in [6.45, 7) is 6.74. The summed E-state index contributed by atoms with van der Waals surface area (Å²) in [5, 5.41) is 3.25. The van der Waals surface area contributed by atoms with Gasteiger partial charge in [-0.05, 0) is 38.5 Å². The second-order valence-corrected chi connectivity index (χ2v) is 6.62. The maximum absolute atomic E-state index is 4.91. The van der Waals surface area contributed by atoms with Gasteiger partial charge in [0.2, 0.25) is 0 Å². The first-order valence-electron chi connectivity index (χ1n) is 8.54. The Morgan fingerprint density at radius 3 is 2.43 bits per heavy atom. The molecule has 0 bridgehead atoms. The van der Waals surface area contributed by atoms with Crippen molar-refractivity contribution < 1.29 is 0 Å². The number of nitrogens with one attached hydrogen (secondary N) is 1. The van der Waals surface area contributed by atoms with Gasteiger partial charge in [0.05, 0.1) is 0 Å². The van der Waals surface area contributed by atoms with Crippen LogP contribution < -0.4 is 10.2 Å². The zero-order valence-electron chi connectivity index (χ0n) is 13.7. The van der Waals surface area contributed by atoms with Crippen LogP contribution in [0.4, 0.5) is 11.6 Å². The molecule has 4 nitrogen and oxygen atoms in total. The third-order valence-corrected chi connectivity index (χ3v) is 4.93. The molecular weight excluding hydrogens is 260 g/mol. The van der Waals surface area contributed by atoms with Crippen LogP contribution in [0, 0.1) is 12.8 Å². The van der Waals surface area contributed by atoms with Gasteiger partial charge in [-0.1, -0.05) is 19.8 Å². The van der Waals surface area contributed by atoms with E-state index >= 15 is 0 Å². The second kappa shape index (κ2) is 6.20. The highest BCUT2D eigenvalue weighted by Crippen LogP contribution is 2.40. The van der Waals surface area contributed by atoms with Crippen molar-refractivity contribution in [1.82, 2.24) is 9.97 Å². The minimum absolute atomic E-state index is 0.606. The van der Waals surface area contributed by atoms with Gasteiger partial charge < -0.3 is 10.2 Å². The molecule has 1 aliphatic carbocycles. The first kappa shape index (κ1) is 14.6. The van der Waals surface area contributed by atoms with E-state index in [2.05, 4.69) is 24.1 Å². The topological polar surface area (TPSA) is 41.1 Å². The van der Waals surface area contributed by atoms with Gasteiger partial charge in [0.1, 0.15) is 17.5 Å². The Morgan fingerprint density at radius 2 is 1.86 bits per heavy atom. The molecule has 0 unspecified atom stereocenters. The number of hydrogen-bond donors (Lipinski definition) is 1. The lowest BCUT2D eigenvalue weighted by atomic mass is 9.92. The highest BCUT2D eigenvalue weighted by Gasteiger charge is 2.29. The van der Waals surface area contributed by atoms with E-state index in [9.17, 15) is 0 Å². The summed E-state index contributed by atoms with van der Waals surface area (Å²) in [5.41, 5.74) is 1.20. The van der Waals surface area contributed by atoms with Crippen molar-refractivity contribution in [2.75, 3.05) is 30.4 Å². The lowest BCUT2D eigenvalue weighted by molar-refractivity contribution is 0.377. The SMILES string of the molecule is CCCC1CCN(c2nc(C3CC3)nc(NC)c2C)CC1. The van der Waals surface area contributed by atoms with Crippen LogP contribution in [-0.2, 0) is 0 Å². The van der Waals surface area contributed by atoms with Crippen molar-refractivity contribution in [2.24, 2.45) is 5.92 Å². The first-order valence-corrected chi connectivity index (χ1v) is 8.54. The van der Waals surface area contributed by atoms with Crippen molar-refractivity contribution in [3.63, 3.8) is 0 Å². The normalized spacial score (nSPS) is 19.9. The maximum atomic E-state index is 4.91. The summed E-state index contributed by atoms with van der Waals surface area (Å²) in [7, 11) is 1.96. The van der Waals surface area contributed by atoms with Crippen molar-refractivity contribution in [2.45, 2.75) is 58.3 Å². The summed E-state index contributed by atoms with van der Waals surface area (Å²) >= 11 is 0. The predicted molar refractivity (Wildman–Crippen MR) is 88.1 cm³/mol. The van der Waals surface area contributed by atoms with E-state index in [1.165, 1.54) is 49.9 Å². The Kier molecular flexibility index (Phi) is 4.32. The summed E-state index contributed by atoms with van der Waals surface area (Å²) in [6, 6.07) is 0. The number of rotatable bonds is 5. The van der Waals surface area contributed by atoms with E-state index in [1.807, 2.05) is 7.05 Å². The molecule has 2 fully saturated rings.